The van der Waals surface area contributed by atoms with Crippen LogP contribution in [0.3, 0.4) is 0 Å². The predicted octanol–water partition coefficient (Wildman–Crippen LogP) is 4.28. The van der Waals surface area contributed by atoms with Gasteiger partial charge in [-0.3, -0.25) is 9.89 Å². The third-order valence-electron chi connectivity index (χ3n) is 4.48. The summed E-state index contributed by atoms with van der Waals surface area (Å²) in [5.74, 6) is 0.750. The topological polar surface area (TPSA) is 70.7 Å². The number of carbonyl (C=O) groups excluding carboxylic acids is 1. The van der Waals surface area contributed by atoms with Crippen LogP contribution in [-0.4, -0.2) is 21.1 Å². The minimum Gasteiger partial charge on any atom is -0.343 e. The number of rotatable bonds is 6. The Morgan fingerprint density at radius 3 is 2.50 bits per heavy atom. The molecule has 1 fully saturated rings. The number of carbonyl (C=O) groups is 1. The highest BCUT2D eigenvalue weighted by Crippen LogP contribution is 2.45. The summed E-state index contributed by atoms with van der Waals surface area (Å²) in [5.41, 5.74) is 2.77. The minimum absolute atomic E-state index is 0.0279. The van der Waals surface area contributed by atoms with Crippen LogP contribution in [0.1, 0.15) is 34.3 Å². The van der Waals surface area contributed by atoms with Gasteiger partial charge < -0.3 is 5.32 Å². The van der Waals surface area contributed by atoms with Crippen LogP contribution in [0.15, 0.2) is 64.5 Å². The predicted molar refractivity (Wildman–Crippen MR) is 105 cm³/mol. The van der Waals surface area contributed by atoms with Crippen molar-refractivity contribution in [1.82, 2.24) is 20.5 Å². The van der Waals surface area contributed by atoms with E-state index < -0.39 is 0 Å². The number of thioether (sulfide) groups is 1. The second-order valence-corrected chi connectivity index (χ2v) is 8.20. The largest absolute Gasteiger partial charge is 0.343 e. The van der Waals surface area contributed by atoms with Crippen molar-refractivity contribution in [3.63, 3.8) is 0 Å². The van der Waals surface area contributed by atoms with Crippen molar-refractivity contribution < 1.29 is 4.79 Å². The van der Waals surface area contributed by atoms with Gasteiger partial charge in [0.2, 0.25) is 0 Å². The van der Waals surface area contributed by atoms with Crippen LogP contribution in [0.25, 0.3) is 0 Å². The fraction of sp³-hybridized carbons (Fsp3) is 0.211. The van der Waals surface area contributed by atoms with E-state index in [1.54, 1.807) is 11.8 Å². The number of aromatic nitrogens is 3. The van der Waals surface area contributed by atoms with E-state index in [4.69, 9.17) is 0 Å². The molecule has 0 saturated heterocycles. The van der Waals surface area contributed by atoms with E-state index in [2.05, 4.69) is 48.6 Å². The maximum Gasteiger partial charge on any atom is 0.251 e. The third kappa shape index (κ3) is 3.83. The molecule has 132 valence electrons. The van der Waals surface area contributed by atoms with Crippen molar-refractivity contribution in [3.8, 4) is 0 Å². The SMILES string of the molecule is O=C(NC1(c2ccc(Br)cc2)CC1)c1ccc(CSc2ncn[nH]2)cc1. The second-order valence-electron chi connectivity index (χ2n) is 6.32. The van der Waals surface area contributed by atoms with Crippen LogP contribution in [0.5, 0.6) is 0 Å². The summed E-state index contributed by atoms with van der Waals surface area (Å²) >= 11 is 5.03. The lowest BCUT2D eigenvalue weighted by atomic mass is 10.0. The molecule has 1 heterocycles. The van der Waals surface area contributed by atoms with Crippen molar-refractivity contribution >= 4 is 33.6 Å². The van der Waals surface area contributed by atoms with Crippen molar-refractivity contribution in [3.05, 3.63) is 76.0 Å². The molecule has 1 aliphatic rings. The number of halogens is 1. The minimum atomic E-state index is -0.210. The molecule has 0 bridgehead atoms. The number of hydrogen-bond donors (Lipinski definition) is 2. The first kappa shape index (κ1) is 17.3. The van der Waals surface area contributed by atoms with Crippen molar-refractivity contribution in [2.24, 2.45) is 0 Å². The van der Waals surface area contributed by atoms with Gasteiger partial charge >= 0.3 is 0 Å². The summed E-state index contributed by atoms with van der Waals surface area (Å²) in [6, 6.07) is 15.9. The van der Waals surface area contributed by atoms with Gasteiger partial charge in [-0.25, -0.2) is 4.98 Å². The quantitative estimate of drug-likeness (QED) is 0.574. The monoisotopic (exact) mass is 428 g/mol. The normalized spacial score (nSPS) is 14.8. The lowest BCUT2D eigenvalue weighted by Crippen LogP contribution is -2.34. The molecule has 2 aromatic carbocycles. The Labute approximate surface area is 164 Å². The maximum atomic E-state index is 12.6. The Morgan fingerprint density at radius 1 is 1.15 bits per heavy atom. The summed E-state index contributed by atoms with van der Waals surface area (Å²) in [6.45, 7) is 0. The number of H-pyrrole nitrogens is 1. The van der Waals surface area contributed by atoms with E-state index in [1.807, 2.05) is 36.4 Å². The first-order valence-electron chi connectivity index (χ1n) is 8.30. The zero-order valence-electron chi connectivity index (χ0n) is 13.9. The van der Waals surface area contributed by atoms with Crippen molar-refractivity contribution in [1.29, 1.82) is 0 Å². The number of hydrogen-bond acceptors (Lipinski definition) is 4. The zero-order valence-corrected chi connectivity index (χ0v) is 16.3. The van der Waals surface area contributed by atoms with Gasteiger partial charge in [0.05, 0.1) is 5.54 Å². The van der Waals surface area contributed by atoms with Crippen LogP contribution in [0, 0.1) is 0 Å². The number of amides is 1. The highest BCUT2D eigenvalue weighted by Gasteiger charge is 2.45. The second kappa shape index (κ2) is 7.25. The Balaban J connectivity index is 1.39. The van der Waals surface area contributed by atoms with E-state index in [0.29, 0.717) is 5.56 Å². The summed E-state index contributed by atoms with van der Waals surface area (Å²) in [7, 11) is 0. The number of nitrogens with one attached hydrogen (secondary N) is 2. The van der Waals surface area contributed by atoms with Gasteiger partial charge in [0.1, 0.15) is 6.33 Å². The molecule has 1 saturated carbocycles. The highest BCUT2D eigenvalue weighted by atomic mass is 79.9. The smallest absolute Gasteiger partial charge is 0.251 e. The number of nitrogens with zero attached hydrogens (tertiary/aromatic N) is 2. The average molecular weight is 429 g/mol. The fourth-order valence-electron chi connectivity index (χ4n) is 2.84. The Morgan fingerprint density at radius 2 is 1.88 bits per heavy atom. The van der Waals surface area contributed by atoms with Gasteiger partial charge in [0.25, 0.3) is 5.91 Å². The molecule has 0 atom stereocenters. The zero-order chi connectivity index (χ0) is 18.0. The lowest BCUT2D eigenvalue weighted by Gasteiger charge is -2.18. The van der Waals surface area contributed by atoms with Gasteiger partial charge in [-0.05, 0) is 48.2 Å². The van der Waals surface area contributed by atoms with Gasteiger partial charge in [-0.15, -0.1) is 0 Å². The lowest BCUT2D eigenvalue weighted by molar-refractivity contribution is 0.0931. The molecule has 0 unspecified atom stereocenters. The summed E-state index contributed by atoms with van der Waals surface area (Å²) < 4.78 is 1.04. The molecular formula is C19H17BrN4OS. The molecular weight excluding hydrogens is 412 g/mol. The molecule has 4 rings (SSSR count). The first-order valence-corrected chi connectivity index (χ1v) is 10.1. The van der Waals surface area contributed by atoms with E-state index >= 15 is 0 Å². The summed E-state index contributed by atoms with van der Waals surface area (Å²) in [4.78, 5) is 16.7. The van der Waals surface area contributed by atoms with Gasteiger partial charge in [-0.2, -0.15) is 5.10 Å². The summed E-state index contributed by atoms with van der Waals surface area (Å²) in [5, 5.41) is 10.7. The van der Waals surface area contributed by atoms with Gasteiger partial charge in [-0.1, -0.05) is 52.0 Å². The molecule has 5 nitrogen and oxygen atoms in total. The Bertz CT molecular complexity index is 890. The molecule has 26 heavy (non-hydrogen) atoms. The van der Waals surface area contributed by atoms with Crippen molar-refractivity contribution in [2.45, 2.75) is 29.3 Å². The van der Waals surface area contributed by atoms with Crippen molar-refractivity contribution in [2.75, 3.05) is 0 Å². The summed E-state index contributed by atoms with van der Waals surface area (Å²) in [6.07, 6.45) is 3.45. The molecule has 7 heteroatoms. The highest BCUT2D eigenvalue weighted by molar-refractivity contribution is 9.10. The van der Waals surface area contributed by atoms with Crippen LogP contribution >= 0.6 is 27.7 Å². The molecule has 1 aromatic heterocycles. The Hall–Kier alpha value is -2.12. The molecule has 0 radical (unpaired) electrons. The first-order chi connectivity index (χ1) is 12.6. The average Bonchev–Trinajstić information content (AvgIpc) is 3.24. The number of benzene rings is 2. The van der Waals surface area contributed by atoms with Crippen LogP contribution in [0.4, 0.5) is 0 Å². The standard InChI is InChI=1S/C19H17BrN4OS/c20-16-7-5-15(6-8-16)19(9-10-19)23-17(25)14-3-1-13(2-4-14)11-26-18-21-12-22-24-18/h1-8,12H,9-11H2,(H,23,25)(H,21,22,24). The maximum absolute atomic E-state index is 12.6. The molecule has 3 aromatic rings. The fourth-order valence-corrected chi connectivity index (χ4v) is 3.84. The molecule has 1 amide bonds. The molecule has 2 N–H and O–H groups in total. The molecule has 1 aliphatic carbocycles. The van der Waals surface area contributed by atoms with Crippen LogP contribution in [-0.2, 0) is 11.3 Å². The van der Waals surface area contributed by atoms with Crippen LogP contribution < -0.4 is 5.32 Å². The van der Waals surface area contributed by atoms with Gasteiger partial charge in [0.15, 0.2) is 5.16 Å². The number of aromatic amines is 1. The van der Waals surface area contributed by atoms with Crippen LogP contribution in [0.2, 0.25) is 0 Å². The Kier molecular flexibility index (Phi) is 4.82. The van der Waals surface area contributed by atoms with E-state index in [1.165, 1.54) is 6.33 Å². The molecule has 0 aliphatic heterocycles. The third-order valence-corrected chi connectivity index (χ3v) is 5.96. The van der Waals surface area contributed by atoms with Gasteiger partial charge in [0, 0.05) is 15.8 Å². The van der Waals surface area contributed by atoms with E-state index in [9.17, 15) is 4.79 Å². The van der Waals surface area contributed by atoms with E-state index in [-0.39, 0.29) is 11.4 Å². The molecule has 0 spiro atoms. The van der Waals surface area contributed by atoms with E-state index in [0.717, 1.165) is 39.4 Å².